The van der Waals surface area contributed by atoms with Crippen molar-refractivity contribution >= 4 is 29.8 Å². The number of benzene rings is 2. The van der Waals surface area contributed by atoms with Gasteiger partial charge in [0.1, 0.15) is 0 Å². The second-order valence-electron chi connectivity index (χ2n) is 8.51. The number of carbonyl (C=O) groups is 2. The Balaban J connectivity index is 1.81. The van der Waals surface area contributed by atoms with Crippen molar-refractivity contribution in [3.63, 3.8) is 0 Å². The van der Waals surface area contributed by atoms with E-state index >= 15 is 0 Å². The molecule has 0 bridgehead atoms. The number of ketones is 1. The van der Waals surface area contributed by atoms with Gasteiger partial charge in [-0.05, 0) is 54.8 Å². The van der Waals surface area contributed by atoms with Crippen LogP contribution in [0.5, 0.6) is 0 Å². The molecule has 0 spiro atoms. The van der Waals surface area contributed by atoms with Crippen molar-refractivity contribution < 1.29 is 14.3 Å². The molecular weight excluding hydrogens is 434 g/mol. The Hall–Kier alpha value is -2.90. The fraction of sp³-hybridized carbons (Fsp3) is 0.346. The first-order valence-corrected chi connectivity index (χ1v) is 11.7. The van der Waals surface area contributed by atoms with Gasteiger partial charge in [0.2, 0.25) is 0 Å². The second kappa shape index (κ2) is 11.3. The number of allylic oxidation sites excluding steroid dienone is 1. The van der Waals surface area contributed by atoms with Crippen LogP contribution in [-0.4, -0.2) is 69.2 Å². The van der Waals surface area contributed by atoms with E-state index in [1.807, 2.05) is 75.6 Å². The maximum absolute atomic E-state index is 13.2. The molecule has 2 aromatic rings. The van der Waals surface area contributed by atoms with Gasteiger partial charge in [-0.1, -0.05) is 23.9 Å². The summed E-state index contributed by atoms with van der Waals surface area (Å²) in [5, 5.41) is 0. The summed E-state index contributed by atoms with van der Waals surface area (Å²) < 4.78 is 5.55. The number of aliphatic imine (C=N–C) groups is 1. The summed E-state index contributed by atoms with van der Waals surface area (Å²) >= 11 is 1.61. The molecule has 0 N–H and O–H groups in total. The summed E-state index contributed by atoms with van der Waals surface area (Å²) in [5.41, 5.74) is 0.949. The van der Waals surface area contributed by atoms with Crippen molar-refractivity contribution in [2.24, 2.45) is 4.99 Å². The Bertz CT molecular complexity index is 1020. The molecule has 3 rings (SSSR count). The van der Waals surface area contributed by atoms with Crippen LogP contribution in [0.2, 0.25) is 0 Å². The van der Waals surface area contributed by atoms with Gasteiger partial charge in [0.15, 0.2) is 5.78 Å². The normalized spacial score (nSPS) is 15.6. The number of ether oxygens (including phenoxy) is 1. The molecule has 1 aliphatic rings. The van der Waals surface area contributed by atoms with E-state index in [4.69, 9.17) is 4.74 Å². The number of nitrogens with zero attached hydrogens (tertiary/aromatic N) is 3. The summed E-state index contributed by atoms with van der Waals surface area (Å²) in [4.78, 5) is 35.3. The number of rotatable bonds is 8. The maximum Gasteiger partial charge on any atom is 0.257 e. The standard InChI is InChI=1S/C26H31N3O3S/c1-28(2)15-12-24(30)20-8-10-22(11-9-20)33-23-7-5-6-21(18-23)26(13-16-32-17-14-26)25(31)27-19-29(3)4/h5-12,15,18-19H,13-14,16-17H2,1-4H3. The van der Waals surface area contributed by atoms with Gasteiger partial charge in [0.05, 0.1) is 11.8 Å². The van der Waals surface area contributed by atoms with Gasteiger partial charge >= 0.3 is 0 Å². The van der Waals surface area contributed by atoms with Crippen molar-refractivity contribution in [1.82, 2.24) is 9.80 Å². The maximum atomic E-state index is 13.2. The zero-order chi connectivity index (χ0) is 23.8. The lowest BCUT2D eigenvalue weighted by molar-refractivity contribution is -0.126. The van der Waals surface area contributed by atoms with E-state index in [9.17, 15) is 9.59 Å². The van der Waals surface area contributed by atoms with Crippen LogP contribution in [0.3, 0.4) is 0 Å². The van der Waals surface area contributed by atoms with Gasteiger partial charge in [0, 0.05) is 69.0 Å². The minimum Gasteiger partial charge on any atom is -0.383 e. The van der Waals surface area contributed by atoms with E-state index in [0.29, 0.717) is 31.6 Å². The quantitative estimate of drug-likeness (QED) is 0.251. The van der Waals surface area contributed by atoms with Crippen molar-refractivity contribution in [3.05, 3.63) is 71.9 Å². The van der Waals surface area contributed by atoms with Crippen molar-refractivity contribution in [3.8, 4) is 0 Å². The highest BCUT2D eigenvalue weighted by Crippen LogP contribution is 2.39. The van der Waals surface area contributed by atoms with Crippen LogP contribution >= 0.6 is 11.8 Å². The summed E-state index contributed by atoms with van der Waals surface area (Å²) in [7, 11) is 7.46. The first-order valence-electron chi connectivity index (χ1n) is 10.9. The van der Waals surface area contributed by atoms with Gasteiger partial charge < -0.3 is 14.5 Å². The van der Waals surface area contributed by atoms with E-state index < -0.39 is 5.41 Å². The van der Waals surface area contributed by atoms with Crippen molar-refractivity contribution in [2.45, 2.75) is 28.0 Å². The molecule has 7 heteroatoms. The lowest BCUT2D eigenvalue weighted by Gasteiger charge is -2.34. The Labute approximate surface area is 200 Å². The van der Waals surface area contributed by atoms with Crippen molar-refractivity contribution in [1.29, 1.82) is 0 Å². The first-order chi connectivity index (χ1) is 15.8. The van der Waals surface area contributed by atoms with E-state index in [1.54, 1.807) is 35.3 Å². The molecule has 1 heterocycles. The largest absolute Gasteiger partial charge is 0.383 e. The number of hydrogen-bond acceptors (Lipinski definition) is 5. The summed E-state index contributed by atoms with van der Waals surface area (Å²) in [5.74, 6) is -0.157. The van der Waals surface area contributed by atoms with Crippen LogP contribution < -0.4 is 0 Å². The molecule has 2 aromatic carbocycles. The van der Waals surface area contributed by atoms with Gasteiger partial charge in [-0.25, -0.2) is 4.99 Å². The molecule has 0 aromatic heterocycles. The van der Waals surface area contributed by atoms with Crippen LogP contribution in [-0.2, 0) is 14.9 Å². The van der Waals surface area contributed by atoms with E-state index in [1.165, 1.54) is 0 Å². The van der Waals surface area contributed by atoms with Gasteiger partial charge in [0.25, 0.3) is 5.91 Å². The third kappa shape index (κ3) is 6.55. The molecule has 6 nitrogen and oxygen atoms in total. The average molecular weight is 466 g/mol. The molecule has 0 saturated carbocycles. The molecule has 174 valence electrons. The Kier molecular flexibility index (Phi) is 8.47. The zero-order valence-corrected chi connectivity index (χ0v) is 20.5. The highest BCUT2D eigenvalue weighted by Gasteiger charge is 2.41. The molecule has 1 saturated heterocycles. The first kappa shape index (κ1) is 24.7. The molecule has 0 radical (unpaired) electrons. The molecule has 33 heavy (non-hydrogen) atoms. The van der Waals surface area contributed by atoms with E-state index in [-0.39, 0.29) is 11.7 Å². The Morgan fingerprint density at radius 1 is 0.970 bits per heavy atom. The number of amides is 1. The second-order valence-corrected chi connectivity index (χ2v) is 9.65. The van der Waals surface area contributed by atoms with Crippen LogP contribution in [0.15, 0.2) is 75.6 Å². The fourth-order valence-corrected chi connectivity index (χ4v) is 4.51. The Morgan fingerprint density at radius 3 is 2.30 bits per heavy atom. The van der Waals surface area contributed by atoms with Crippen molar-refractivity contribution in [2.75, 3.05) is 41.4 Å². The third-order valence-corrected chi connectivity index (χ3v) is 6.44. The predicted octanol–water partition coefficient (Wildman–Crippen LogP) is 4.26. The highest BCUT2D eigenvalue weighted by atomic mass is 32.2. The molecule has 0 unspecified atom stereocenters. The molecule has 1 amide bonds. The summed E-state index contributed by atoms with van der Waals surface area (Å²) in [6.45, 7) is 1.08. The van der Waals surface area contributed by atoms with Crippen LogP contribution in [0.1, 0.15) is 28.8 Å². The van der Waals surface area contributed by atoms with Gasteiger partial charge in [-0.3, -0.25) is 9.59 Å². The molecular formula is C26H31N3O3S. The SMILES string of the molecule is CN(C)C=CC(=O)c1ccc(Sc2cccc(C3(C(=O)N=CN(C)C)CCOCC3)c2)cc1. The highest BCUT2D eigenvalue weighted by molar-refractivity contribution is 7.99. The minimum atomic E-state index is -0.670. The lowest BCUT2D eigenvalue weighted by atomic mass is 9.73. The predicted molar refractivity (Wildman–Crippen MR) is 133 cm³/mol. The topological polar surface area (TPSA) is 62.2 Å². The molecule has 0 atom stereocenters. The van der Waals surface area contributed by atoms with Gasteiger partial charge in [-0.2, -0.15) is 0 Å². The van der Waals surface area contributed by atoms with Crippen LogP contribution in [0.25, 0.3) is 0 Å². The summed E-state index contributed by atoms with van der Waals surface area (Å²) in [6, 6.07) is 15.7. The van der Waals surface area contributed by atoms with E-state index in [2.05, 4.69) is 11.1 Å². The lowest BCUT2D eigenvalue weighted by Crippen LogP contribution is -2.41. The number of carbonyl (C=O) groups excluding carboxylic acids is 2. The van der Waals surface area contributed by atoms with Crippen LogP contribution in [0, 0.1) is 0 Å². The minimum absolute atomic E-state index is 0.0273. The third-order valence-electron chi connectivity index (χ3n) is 5.45. The molecule has 1 aliphatic heterocycles. The smallest absolute Gasteiger partial charge is 0.257 e. The monoisotopic (exact) mass is 465 g/mol. The van der Waals surface area contributed by atoms with Gasteiger partial charge in [-0.15, -0.1) is 0 Å². The summed E-state index contributed by atoms with van der Waals surface area (Å²) in [6.07, 6.45) is 6.10. The van der Waals surface area contributed by atoms with E-state index in [0.717, 1.165) is 15.4 Å². The molecule has 0 aliphatic carbocycles. The fourth-order valence-electron chi connectivity index (χ4n) is 3.63. The Morgan fingerprint density at radius 2 is 1.67 bits per heavy atom. The molecule has 1 fully saturated rings. The number of hydrogen-bond donors (Lipinski definition) is 0. The average Bonchev–Trinajstić information content (AvgIpc) is 2.82. The zero-order valence-electron chi connectivity index (χ0n) is 19.7. The van der Waals surface area contributed by atoms with Crippen LogP contribution in [0.4, 0.5) is 0 Å².